The lowest BCUT2D eigenvalue weighted by Gasteiger charge is -2.42. The highest BCUT2D eigenvalue weighted by molar-refractivity contribution is 5.90. The monoisotopic (exact) mass is 392 g/mol. The summed E-state index contributed by atoms with van der Waals surface area (Å²) in [5, 5.41) is 0. The zero-order valence-electron chi connectivity index (χ0n) is 16.2. The van der Waals surface area contributed by atoms with Crippen molar-refractivity contribution in [1.82, 2.24) is 19.8 Å². The summed E-state index contributed by atoms with van der Waals surface area (Å²) in [6.45, 7) is 2.21. The molecule has 0 radical (unpaired) electrons. The Morgan fingerprint density at radius 3 is 2.83 bits per heavy atom. The molecule has 2 atom stereocenters. The van der Waals surface area contributed by atoms with E-state index in [0.717, 1.165) is 24.1 Å². The fourth-order valence-corrected chi connectivity index (χ4v) is 4.51. The fraction of sp³-hybridized carbons (Fsp3) is 0.455. The molecule has 7 heteroatoms. The second-order valence-electron chi connectivity index (χ2n) is 8.12. The third-order valence-electron chi connectivity index (χ3n) is 6.17. The lowest BCUT2D eigenvalue weighted by molar-refractivity contribution is -0.173. The third-order valence-corrected chi connectivity index (χ3v) is 6.17. The molecule has 1 saturated carbocycles. The Kier molecular flexibility index (Phi) is 4.54. The molecule has 29 heavy (non-hydrogen) atoms. The second kappa shape index (κ2) is 7.22. The molecular weight excluding hydrogens is 368 g/mol. The van der Waals surface area contributed by atoms with Gasteiger partial charge in [-0.2, -0.15) is 0 Å². The molecule has 0 bridgehead atoms. The largest absolute Gasteiger partial charge is 0.361 e. The van der Waals surface area contributed by atoms with E-state index in [2.05, 4.69) is 9.97 Å². The molecule has 1 aliphatic carbocycles. The van der Waals surface area contributed by atoms with Crippen LogP contribution in [0.15, 0.2) is 48.9 Å². The van der Waals surface area contributed by atoms with E-state index in [0.29, 0.717) is 32.8 Å². The number of pyridine rings is 2. The summed E-state index contributed by atoms with van der Waals surface area (Å²) in [7, 11) is 0. The molecule has 7 nitrogen and oxygen atoms in total. The van der Waals surface area contributed by atoms with Gasteiger partial charge in [0.05, 0.1) is 25.4 Å². The van der Waals surface area contributed by atoms with Gasteiger partial charge in [-0.15, -0.1) is 0 Å². The summed E-state index contributed by atoms with van der Waals surface area (Å²) in [5.41, 5.74) is 0.729. The average Bonchev–Trinajstić information content (AvgIpc) is 3.54. The Morgan fingerprint density at radius 1 is 1.21 bits per heavy atom. The lowest BCUT2D eigenvalue weighted by Crippen LogP contribution is -2.60. The number of hydrogen-bond acceptors (Lipinski definition) is 5. The van der Waals surface area contributed by atoms with Crippen LogP contribution in [0.25, 0.3) is 0 Å². The molecule has 4 heterocycles. The topological polar surface area (TPSA) is 75.6 Å². The fourth-order valence-electron chi connectivity index (χ4n) is 4.51. The minimum atomic E-state index is -1.05. The van der Waals surface area contributed by atoms with Gasteiger partial charge in [0.2, 0.25) is 5.91 Å². The number of ether oxygens (including phenoxy) is 1. The quantitative estimate of drug-likeness (QED) is 0.790. The van der Waals surface area contributed by atoms with Crippen LogP contribution in [0.3, 0.4) is 0 Å². The zero-order chi connectivity index (χ0) is 19.8. The Hall–Kier alpha value is -2.80. The predicted molar refractivity (Wildman–Crippen MR) is 105 cm³/mol. The highest BCUT2D eigenvalue weighted by atomic mass is 16.5. The molecule has 2 aromatic rings. The van der Waals surface area contributed by atoms with E-state index in [1.54, 1.807) is 18.6 Å². The van der Waals surface area contributed by atoms with Crippen LogP contribution in [-0.2, 0) is 20.9 Å². The number of carbonyl (C=O) groups is 2. The van der Waals surface area contributed by atoms with Crippen molar-refractivity contribution in [3.63, 3.8) is 0 Å². The van der Waals surface area contributed by atoms with Gasteiger partial charge in [-0.3, -0.25) is 19.6 Å². The van der Waals surface area contributed by atoms with Gasteiger partial charge in [0, 0.05) is 43.5 Å². The first-order valence-corrected chi connectivity index (χ1v) is 10.2. The SMILES string of the molecule is O=C(C1CC1)N1C[C@@H](c2cccnc2)[C@]2(C1)OCCN(Cc1ccccn1)C2=O. The molecule has 150 valence electrons. The van der Waals surface area contributed by atoms with Gasteiger partial charge in [0.15, 0.2) is 5.60 Å². The summed E-state index contributed by atoms with van der Waals surface area (Å²) in [4.78, 5) is 38.8. The van der Waals surface area contributed by atoms with Crippen LogP contribution in [0, 0.1) is 5.92 Å². The first kappa shape index (κ1) is 18.2. The predicted octanol–water partition coefficient (Wildman–Crippen LogP) is 1.61. The first-order valence-electron chi connectivity index (χ1n) is 10.2. The van der Waals surface area contributed by atoms with Crippen LogP contribution in [0.4, 0.5) is 0 Å². The zero-order valence-corrected chi connectivity index (χ0v) is 16.2. The van der Waals surface area contributed by atoms with Crippen molar-refractivity contribution in [1.29, 1.82) is 0 Å². The smallest absolute Gasteiger partial charge is 0.257 e. The van der Waals surface area contributed by atoms with Crippen LogP contribution in [0.2, 0.25) is 0 Å². The number of carbonyl (C=O) groups excluding carboxylic acids is 2. The van der Waals surface area contributed by atoms with Crippen molar-refractivity contribution in [2.75, 3.05) is 26.2 Å². The highest BCUT2D eigenvalue weighted by Crippen LogP contribution is 2.44. The van der Waals surface area contributed by atoms with E-state index in [4.69, 9.17) is 4.74 Å². The van der Waals surface area contributed by atoms with Gasteiger partial charge < -0.3 is 14.5 Å². The molecule has 2 amide bonds. The molecule has 1 spiro atoms. The molecular formula is C22H24N4O3. The summed E-state index contributed by atoms with van der Waals surface area (Å²) < 4.78 is 6.22. The number of likely N-dealkylation sites (tertiary alicyclic amines) is 1. The van der Waals surface area contributed by atoms with Gasteiger partial charge >= 0.3 is 0 Å². The Morgan fingerprint density at radius 2 is 2.10 bits per heavy atom. The Labute approximate surface area is 169 Å². The Bertz CT molecular complexity index is 903. The molecule has 2 aliphatic heterocycles. The maximum atomic E-state index is 13.7. The molecule has 5 rings (SSSR count). The Balaban J connectivity index is 1.47. The third kappa shape index (κ3) is 3.29. The maximum Gasteiger partial charge on any atom is 0.257 e. The summed E-state index contributed by atoms with van der Waals surface area (Å²) in [6.07, 6.45) is 7.13. The van der Waals surface area contributed by atoms with E-state index >= 15 is 0 Å². The molecule has 2 saturated heterocycles. The van der Waals surface area contributed by atoms with Crippen LogP contribution < -0.4 is 0 Å². The van der Waals surface area contributed by atoms with E-state index in [-0.39, 0.29) is 23.7 Å². The number of morpholine rings is 1. The number of rotatable bonds is 4. The van der Waals surface area contributed by atoms with Crippen LogP contribution >= 0.6 is 0 Å². The van der Waals surface area contributed by atoms with Gasteiger partial charge in [-0.25, -0.2) is 0 Å². The van der Waals surface area contributed by atoms with Gasteiger partial charge in [-0.1, -0.05) is 12.1 Å². The molecule has 3 fully saturated rings. The van der Waals surface area contributed by atoms with Gasteiger partial charge in [-0.05, 0) is 36.6 Å². The van der Waals surface area contributed by atoms with E-state index in [1.165, 1.54) is 0 Å². The summed E-state index contributed by atoms with van der Waals surface area (Å²) in [5.74, 6) is -0.0238. The van der Waals surface area contributed by atoms with E-state index < -0.39 is 5.60 Å². The number of hydrogen-bond donors (Lipinski definition) is 0. The summed E-state index contributed by atoms with van der Waals surface area (Å²) in [6, 6.07) is 9.55. The van der Waals surface area contributed by atoms with E-state index in [9.17, 15) is 9.59 Å². The molecule has 3 aliphatic rings. The molecule has 2 aromatic heterocycles. The first-order chi connectivity index (χ1) is 14.2. The van der Waals surface area contributed by atoms with Crippen LogP contribution in [-0.4, -0.2) is 63.4 Å². The molecule has 0 unspecified atom stereocenters. The van der Waals surface area contributed by atoms with Crippen molar-refractivity contribution in [2.45, 2.75) is 30.9 Å². The molecule has 0 N–H and O–H groups in total. The highest BCUT2D eigenvalue weighted by Gasteiger charge is 2.58. The lowest BCUT2D eigenvalue weighted by atomic mass is 9.83. The minimum Gasteiger partial charge on any atom is -0.361 e. The van der Waals surface area contributed by atoms with Crippen molar-refractivity contribution >= 4 is 11.8 Å². The average molecular weight is 392 g/mol. The van der Waals surface area contributed by atoms with Crippen LogP contribution in [0.1, 0.15) is 30.0 Å². The number of aromatic nitrogens is 2. The van der Waals surface area contributed by atoms with E-state index in [1.807, 2.05) is 40.1 Å². The second-order valence-corrected chi connectivity index (χ2v) is 8.12. The van der Waals surface area contributed by atoms with Crippen molar-refractivity contribution in [2.24, 2.45) is 5.92 Å². The van der Waals surface area contributed by atoms with Crippen molar-refractivity contribution in [3.8, 4) is 0 Å². The number of nitrogens with zero attached hydrogens (tertiary/aromatic N) is 4. The number of amides is 2. The van der Waals surface area contributed by atoms with Gasteiger partial charge in [0.1, 0.15) is 0 Å². The standard InChI is InChI=1S/C22H24N4O3/c27-20(16-6-7-16)26-14-19(17-4-3-8-23-12-17)22(15-26)21(28)25(10-11-29-22)13-18-5-1-2-9-24-18/h1-5,8-9,12,16,19H,6-7,10-11,13-15H2/t19-,22-/m0/s1. The van der Waals surface area contributed by atoms with Crippen molar-refractivity contribution in [3.05, 3.63) is 60.2 Å². The maximum absolute atomic E-state index is 13.7. The normalized spacial score (nSPS) is 26.9. The summed E-state index contributed by atoms with van der Waals surface area (Å²) >= 11 is 0. The molecule has 0 aromatic carbocycles. The minimum absolute atomic E-state index is 0.0608. The van der Waals surface area contributed by atoms with Gasteiger partial charge in [0.25, 0.3) is 5.91 Å². The van der Waals surface area contributed by atoms with Crippen LogP contribution in [0.5, 0.6) is 0 Å². The van der Waals surface area contributed by atoms with Crippen molar-refractivity contribution < 1.29 is 14.3 Å².